The SMILES string of the molecule is CC(CCCl)CCN1CCCc2ccccc21. The molecule has 0 fully saturated rings. The van der Waals surface area contributed by atoms with Gasteiger partial charge in [0.15, 0.2) is 0 Å². The lowest BCUT2D eigenvalue weighted by Gasteiger charge is -2.32. The van der Waals surface area contributed by atoms with E-state index in [-0.39, 0.29) is 0 Å². The minimum atomic E-state index is 0.738. The van der Waals surface area contributed by atoms with Crippen LogP contribution in [0.25, 0.3) is 0 Å². The van der Waals surface area contributed by atoms with Crippen molar-refractivity contribution in [2.24, 2.45) is 5.92 Å². The van der Waals surface area contributed by atoms with Crippen LogP contribution in [0, 0.1) is 5.92 Å². The smallest absolute Gasteiger partial charge is 0.0398 e. The molecule has 0 aromatic heterocycles. The Bertz CT molecular complexity index is 351. The maximum Gasteiger partial charge on any atom is 0.0398 e. The van der Waals surface area contributed by atoms with Crippen LogP contribution in [-0.2, 0) is 6.42 Å². The summed E-state index contributed by atoms with van der Waals surface area (Å²) >= 11 is 5.79. The second-order valence-electron chi connectivity index (χ2n) is 5.09. The van der Waals surface area contributed by atoms with Crippen molar-refractivity contribution in [3.8, 4) is 0 Å². The molecule has 2 rings (SSSR count). The van der Waals surface area contributed by atoms with Gasteiger partial charge in [-0.1, -0.05) is 25.1 Å². The largest absolute Gasteiger partial charge is 0.371 e. The predicted molar refractivity (Wildman–Crippen MR) is 76.1 cm³/mol. The molecule has 0 saturated carbocycles. The second-order valence-corrected chi connectivity index (χ2v) is 5.47. The summed E-state index contributed by atoms with van der Waals surface area (Å²) < 4.78 is 0. The van der Waals surface area contributed by atoms with Gasteiger partial charge in [0, 0.05) is 24.7 Å². The van der Waals surface area contributed by atoms with Crippen molar-refractivity contribution < 1.29 is 0 Å². The number of alkyl halides is 1. The fraction of sp³-hybridized carbons (Fsp3) is 0.600. The molecule has 0 radical (unpaired) electrons. The van der Waals surface area contributed by atoms with Crippen molar-refractivity contribution in [2.45, 2.75) is 32.6 Å². The van der Waals surface area contributed by atoms with Crippen molar-refractivity contribution in [3.05, 3.63) is 29.8 Å². The van der Waals surface area contributed by atoms with E-state index in [1.165, 1.54) is 43.6 Å². The van der Waals surface area contributed by atoms with Gasteiger partial charge in [0.2, 0.25) is 0 Å². The highest BCUT2D eigenvalue weighted by Crippen LogP contribution is 2.27. The molecular formula is C15H22ClN. The van der Waals surface area contributed by atoms with Crippen LogP contribution in [0.15, 0.2) is 24.3 Å². The third kappa shape index (κ3) is 3.38. The highest BCUT2D eigenvalue weighted by atomic mass is 35.5. The lowest BCUT2D eigenvalue weighted by Crippen LogP contribution is -2.31. The Kier molecular flexibility index (Phi) is 4.73. The van der Waals surface area contributed by atoms with Gasteiger partial charge in [-0.2, -0.15) is 0 Å². The molecule has 0 aliphatic carbocycles. The van der Waals surface area contributed by atoms with Crippen LogP contribution >= 0.6 is 11.6 Å². The summed E-state index contributed by atoms with van der Waals surface area (Å²) in [6, 6.07) is 8.84. The van der Waals surface area contributed by atoms with Gasteiger partial charge >= 0.3 is 0 Å². The molecule has 0 bridgehead atoms. The number of hydrogen-bond acceptors (Lipinski definition) is 1. The first-order chi connectivity index (χ1) is 8.31. The number of halogens is 1. The highest BCUT2D eigenvalue weighted by Gasteiger charge is 2.16. The molecule has 0 spiro atoms. The second kappa shape index (κ2) is 6.30. The Morgan fingerprint density at radius 1 is 1.29 bits per heavy atom. The Labute approximate surface area is 110 Å². The van der Waals surface area contributed by atoms with Crippen LogP contribution in [-0.4, -0.2) is 19.0 Å². The summed E-state index contributed by atoms with van der Waals surface area (Å²) in [4.78, 5) is 2.55. The molecule has 1 aliphatic heterocycles. The average Bonchev–Trinajstić information content (AvgIpc) is 2.36. The van der Waals surface area contributed by atoms with E-state index in [2.05, 4.69) is 36.1 Å². The maximum absolute atomic E-state index is 5.79. The topological polar surface area (TPSA) is 3.24 Å². The molecule has 1 heterocycles. The number of nitrogens with zero attached hydrogens (tertiary/aromatic N) is 1. The average molecular weight is 252 g/mol. The molecule has 2 heteroatoms. The molecule has 0 saturated heterocycles. The van der Waals surface area contributed by atoms with Crippen LogP contribution in [0.5, 0.6) is 0 Å². The molecule has 1 aliphatic rings. The van der Waals surface area contributed by atoms with Crippen LogP contribution in [0.3, 0.4) is 0 Å². The van der Waals surface area contributed by atoms with Gasteiger partial charge in [-0.3, -0.25) is 0 Å². The van der Waals surface area contributed by atoms with E-state index in [0.717, 1.165) is 18.2 Å². The quantitative estimate of drug-likeness (QED) is 0.713. The van der Waals surface area contributed by atoms with Crippen molar-refractivity contribution in [1.82, 2.24) is 0 Å². The number of aryl methyl sites for hydroxylation is 1. The standard InChI is InChI=1S/C15H22ClN/c1-13(8-10-16)9-12-17-11-4-6-14-5-2-3-7-15(14)17/h2-3,5,7,13H,4,6,8-12H2,1H3. The summed E-state index contributed by atoms with van der Waals surface area (Å²) in [7, 11) is 0. The van der Waals surface area contributed by atoms with Crippen molar-refractivity contribution in [2.75, 3.05) is 23.9 Å². The van der Waals surface area contributed by atoms with Crippen LogP contribution in [0.4, 0.5) is 5.69 Å². The molecule has 0 amide bonds. The number of rotatable bonds is 5. The molecule has 17 heavy (non-hydrogen) atoms. The predicted octanol–water partition coefficient (Wildman–Crippen LogP) is 4.09. The molecule has 1 atom stereocenters. The first-order valence-electron chi connectivity index (χ1n) is 6.70. The van der Waals surface area contributed by atoms with Crippen LogP contribution in [0.2, 0.25) is 0 Å². The van der Waals surface area contributed by atoms with Crippen LogP contribution < -0.4 is 4.90 Å². The first kappa shape index (κ1) is 12.8. The maximum atomic E-state index is 5.79. The lowest BCUT2D eigenvalue weighted by molar-refractivity contribution is 0.507. The van der Waals surface area contributed by atoms with E-state index in [0.29, 0.717) is 0 Å². The van der Waals surface area contributed by atoms with Gasteiger partial charge in [0.25, 0.3) is 0 Å². The fourth-order valence-electron chi connectivity index (χ4n) is 2.55. The molecular weight excluding hydrogens is 230 g/mol. The molecule has 94 valence electrons. The Morgan fingerprint density at radius 3 is 2.94 bits per heavy atom. The zero-order chi connectivity index (χ0) is 12.1. The van der Waals surface area contributed by atoms with Gasteiger partial charge in [0.1, 0.15) is 0 Å². The number of para-hydroxylation sites is 1. The van der Waals surface area contributed by atoms with E-state index >= 15 is 0 Å². The molecule has 0 N–H and O–H groups in total. The Balaban J connectivity index is 1.94. The number of anilines is 1. The third-order valence-corrected chi connectivity index (χ3v) is 3.92. The van der Waals surface area contributed by atoms with Gasteiger partial charge < -0.3 is 4.90 Å². The van der Waals surface area contributed by atoms with E-state index in [1.54, 1.807) is 0 Å². The molecule has 1 unspecified atom stereocenters. The Hall–Kier alpha value is -0.690. The molecule has 1 aromatic rings. The minimum Gasteiger partial charge on any atom is -0.371 e. The summed E-state index contributed by atoms with van der Waals surface area (Å²) in [5.41, 5.74) is 2.97. The first-order valence-corrected chi connectivity index (χ1v) is 7.23. The van der Waals surface area contributed by atoms with Gasteiger partial charge in [-0.25, -0.2) is 0 Å². The monoisotopic (exact) mass is 251 g/mol. The zero-order valence-corrected chi connectivity index (χ0v) is 11.4. The third-order valence-electron chi connectivity index (χ3n) is 3.70. The normalized spacial score (nSPS) is 16.7. The van der Waals surface area contributed by atoms with Gasteiger partial charge in [-0.15, -0.1) is 11.6 Å². The summed E-state index contributed by atoms with van der Waals surface area (Å²) in [5.74, 6) is 1.53. The van der Waals surface area contributed by atoms with Gasteiger partial charge in [-0.05, 0) is 43.2 Å². The van der Waals surface area contributed by atoms with E-state index in [9.17, 15) is 0 Å². The minimum absolute atomic E-state index is 0.738. The van der Waals surface area contributed by atoms with E-state index in [1.807, 2.05) is 0 Å². The van der Waals surface area contributed by atoms with Crippen molar-refractivity contribution >= 4 is 17.3 Å². The number of hydrogen-bond donors (Lipinski definition) is 0. The zero-order valence-electron chi connectivity index (χ0n) is 10.7. The lowest BCUT2D eigenvalue weighted by atomic mass is 10.00. The molecule has 1 aromatic carbocycles. The molecule has 1 nitrogen and oxygen atoms in total. The summed E-state index contributed by atoms with van der Waals surface area (Å²) in [6.45, 7) is 4.69. The van der Waals surface area contributed by atoms with E-state index < -0.39 is 0 Å². The summed E-state index contributed by atoms with van der Waals surface area (Å²) in [5, 5.41) is 0. The van der Waals surface area contributed by atoms with Crippen molar-refractivity contribution in [1.29, 1.82) is 0 Å². The summed E-state index contributed by atoms with van der Waals surface area (Å²) in [6.07, 6.45) is 4.92. The van der Waals surface area contributed by atoms with Crippen LogP contribution in [0.1, 0.15) is 31.7 Å². The van der Waals surface area contributed by atoms with Gasteiger partial charge in [0.05, 0.1) is 0 Å². The van der Waals surface area contributed by atoms with Crippen molar-refractivity contribution in [3.63, 3.8) is 0 Å². The number of benzene rings is 1. The van der Waals surface area contributed by atoms with E-state index in [4.69, 9.17) is 11.6 Å². The fourth-order valence-corrected chi connectivity index (χ4v) is 2.92. The number of fused-ring (bicyclic) bond motifs is 1. The Morgan fingerprint density at radius 2 is 2.12 bits per heavy atom. The highest BCUT2D eigenvalue weighted by molar-refractivity contribution is 6.17.